The molecule has 26 heavy (non-hydrogen) atoms. The van der Waals surface area contributed by atoms with Gasteiger partial charge >= 0.3 is 0 Å². The molecule has 4 rings (SSSR count). The van der Waals surface area contributed by atoms with Crippen LogP contribution in [-0.2, 0) is 32.0 Å². The van der Waals surface area contributed by atoms with Crippen LogP contribution in [0.1, 0.15) is 22.5 Å². The molecule has 0 bridgehead atoms. The number of methoxy groups -OCH3 is 2. The standard InChI is InChI=1S/C19H17FN2O4/c1-24-16(25-2)8-11-4-5-12-15(21-11)9-26-18(12)17-13-7-10(20)3-6-14(13)22-19(17)23/h3-7,16H,8-9H2,1-2H3,(H,22,23)/b18-17-. The molecule has 0 spiro atoms. The highest BCUT2D eigenvalue weighted by Gasteiger charge is 2.33. The molecule has 7 heteroatoms. The third-order valence-electron chi connectivity index (χ3n) is 4.48. The highest BCUT2D eigenvalue weighted by molar-refractivity contribution is 6.36. The summed E-state index contributed by atoms with van der Waals surface area (Å²) >= 11 is 0. The number of aromatic nitrogens is 1. The zero-order valence-corrected chi connectivity index (χ0v) is 14.3. The summed E-state index contributed by atoms with van der Waals surface area (Å²) in [4.78, 5) is 17.0. The van der Waals surface area contributed by atoms with Gasteiger partial charge in [0.2, 0.25) is 0 Å². The molecule has 1 aromatic heterocycles. The van der Waals surface area contributed by atoms with Crippen LogP contribution in [0.25, 0.3) is 11.3 Å². The van der Waals surface area contributed by atoms with Gasteiger partial charge in [0.15, 0.2) is 6.29 Å². The molecule has 0 saturated carbocycles. The van der Waals surface area contributed by atoms with E-state index < -0.39 is 5.82 Å². The Kier molecular flexibility index (Phi) is 4.18. The van der Waals surface area contributed by atoms with Gasteiger partial charge in [0.1, 0.15) is 18.2 Å². The first-order chi connectivity index (χ1) is 12.6. The fourth-order valence-corrected chi connectivity index (χ4v) is 3.20. The Labute approximate surface area is 149 Å². The number of halogens is 1. The van der Waals surface area contributed by atoms with E-state index in [9.17, 15) is 9.18 Å². The lowest BCUT2D eigenvalue weighted by Gasteiger charge is -2.12. The molecule has 1 amide bonds. The van der Waals surface area contributed by atoms with Crippen LogP contribution in [0.15, 0.2) is 30.3 Å². The van der Waals surface area contributed by atoms with Gasteiger partial charge in [0.25, 0.3) is 5.91 Å². The van der Waals surface area contributed by atoms with Crippen LogP contribution in [-0.4, -0.2) is 31.4 Å². The van der Waals surface area contributed by atoms with Gasteiger partial charge in [-0.2, -0.15) is 0 Å². The number of carbonyl (C=O) groups is 1. The predicted octanol–water partition coefficient (Wildman–Crippen LogP) is 2.73. The molecule has 0 atom stereocenters. The van der Waals surface area contributed by atoms with Crippen molar-refractivity contribution in [2.75, 3.05) is 19.5 Å². The van der Waals surface area contributed by atoms with Crippen molar-refractivity contribution in [1.82, 2.24) is 4.98 Å². The third-order valence-corrected chi connectivity index (χ3v) is 4.48. The van der Waals surface area contributed by atoms with Crippen LogP contribution in [0.3, 0.4) is 0 Å². The average Bonchev–Trinajstić information content (AvgIpc) is 3.18. The van der Waals surface area contributed by atoms with E-state index in [0.717, 1.165) is 17.0 Å². The molecular weight excluding hydrogens is 339 g/mol. The van der Waals surface area contributed by atoms with Crippen LogP contribution < -0.4 is 5.32 Å². The topological polar surface area (TPSA) is 69.7 Å². The summed E-state index contributed by atoms with van der Waals surface area (Å²) in [6, 6.07) is 7.90. The molecule has 134 valence electrons. The highest BCUT2D eigenvalue weighted by Crippen LogP contribution is 2.41. The average molecular weight is 356 g/mol. The molecule has 0 fully saturated rings. The summed E-state index contributed by atoms with van der Waals surface area (Å²) in [6.07, 6.45) is 0.122. The third kappa shape index (κ3) is 2.75. The van der Waals surface area contributed by atoms with Crippen molar-refractivity contribution in [3.63, 3.8) is 0 Å². The van der Waals surface area contributed by atoms with E-state index in [1.165, 1.54) is 12.1 Å². The van der Waals surface area contributed by atoms with Gasteiger partial charge in [-0.15, -0.1) is 0 Å². The monoisotopic (exact) mass is 356 g/mol. The van der Waals surface area contributed by atoms with E-state index in [4.69, 9.17) is 14.2 Å². The van der Waals surface area contributed by atoms with Crippen LogP contribution >= 0.6 is 0 Å². The van der Waals surface area contributed by atoms with Crippen molar-refractivity contribution in [3.05, 3.63) is 58.7 Å². The van der Waals surface area contributed by atoms with Gasteiger partial charge in [-0.25, -0.2) is 4.39 Å². The first-order valence-corrected chi connectivity index (χ1v) is 8.14. The molecule has 0 unspecified atom stereocenters. The van der Waals surface area contributed by atoms with Gasteiger partial charge in [-0.1, -0.05) is 0 Å². The lowest BCUT2D eigenvalue weighted by atomic mass is 10.0. The minimum absolute atomic E-state index is 0.255. The van der Waals surface area contributed by atoms with E-state index in [-0.39, 0.29) is 18.8 Å². The molecule has 0 aliphatic carbocycles. The quantitative estimate of drug-likeness (QED) is 0.674. The largest absolute Gasteiger partial charge is 0.486 e. The molecule has 0 saturated heterocycles. The Hall–Kier alpha value is -2.77. The number of hydrogen-bond donors (Lipinski definition) is 1. The number of ether oxygens (including phenoxy) is 3. The number of rotatable bonds is 4. The molecule has 3 heterocycles. The van der Waals surface area contributed by atoms with Crippen molar-refractivity contribution >= 4 is 22.9 Å². The predicted molar refractivity (Wildman–Crippen MR) is 92.4 cm³/mol. The lowest BCUT2D eigenvalue weighted by Crippen LogP contribution is -2.17. The van der Waals surface area contributed by atoms with Crippen LogP contribution in [0.5, 0.6) is 0 Å². The number of anilines is 1. The summed E-state index contributed by atoms with van der Waals surface area (Å²) in [5.41, 5.74) is 3.68. The smallest absolute Gasteiger partial charge is 0.260 e. The Morgan fingerprint density at radius 1 is 1.23 bits per heavy atom. The minimum atomic E-state index is -0.407. The van der Waals surface area contributed by atoms with Crippen LogP contribution in [0.2, 0.25) is 0 Å². The summed E-state index contributed by atoms with van der Waals surface area (Å²) in [7, 11) is 3.14. The van der Waals surface area contributed by atoms with E-state index in [1.54, 1.807) is 20.3 Å². The second kappa shape index (κ2) is 6.51. The number of hydrogen-bond acceptors (Lipinski definition) is 5. The fraction of sp³-hybridized carbons (Fsp3) is 0.263. The zero-order valence-electron chi connectivity index (χ0n) is 14.3. The first kappa shape index (κ1) is 16.7. The second-order valence-corrected chi connectivity index (χ2v) is 6.04. The maximum Gasteiger partial charge on any atom is 0.260 e. The second-order valence-electron chi connectivity index (χ2n) is 6.04. The number of nitrogens with one attached hydrogen (secondary N) is 1. The van der Waals surface area contributed by atoms with Gasteiger partial charge < -0.3 is 19.5 Å². The summed E-state index contributed by atoms with van der Waals surface area (Å²) in [5, 5.41) is 2.74. The van der Waals surface area contributed by atoms with Crippen molar-refractivity contribution in [3.8, 4) is 0 Å². The molecule has 2 aliphatic rings. The number of carbonyl (C=O) groups excluding carboxylic acids is 1. The number of amides is 1. The van der Waals surface area contributed by atoms with Gasteiger partial charge in [-0.3, -0.25) is 9.78 Å². The van der Waals surface area contributed by atoms with Crippen molar-refractivity contribution in [1.29, 1.82) is 0 Å². The maximum atomic E-state index is 13.6. The zero-order chi connectivity index (χ0) is 18.3. The molecule has 0 radical (unpaired) electrons. The molecule has 1 aromatic carbocycles. The first-order valence-electron chi connectivity index (χ1n) is 8.14. The summed E-state index contributed by atoms with van der Waals surface area (Å²) < 4.78 is 29.8. The van der Waals surface area contributed by atoms with E-state index in [0.29, 0.717) is 29.0 Å². The van der Waals surface area contributed by atoms with Gasteiger partial charge in [0.05, 0.1) is 11.3 Å². The maximum absolute atomic E-state index is 13.6. The Balaban J connectivity index is 1.74. The van der Waals surface area contributed by atoms with Crippen LogP contribution in [0, 0.1) is 5.82 Å². The van der Waals surface area contributed by atoms with Crippen molar-refractivity contribution < 1.29 is 23.4 Å². The molecular formula is C19H17FN2O4. The van der Waals surface area contributed by atoms with E-state index in [2.05, 4.69) is 10.3 Å². The molecule has 6 nitrogen and oxygen atoms in total. The number of pyridine rings is 1. The minimum Gasteiger partial charge on any atom is -0.486 e. The summed E-state index contributed by atoms with van der Waals surface area (Å²) in [5.74, 6) is -0.289. The van der Waals surface area contributed by atoms with Gasteiger partial charge in [-0.05, 0) is 30.3 Å². The fourth-order valence-electron chi connectivity index (χ4n) is 3.20. The SMILES string of the molecule is COC(Cc1ccc2c(n1)CO/C2=C1\C(=O)Nc2ccc(F)cc21)OC. The highest BCUT2D eigenvalue weighted by atomic mass is 19.1. The number of benzene rings is 1. The Bertz CT molecular complexity index is 922. The van der Waals surface area contributed by atoms with Crippen molar-refractivity contribution in [2.24, 2.45) is 0 Å². The Morgan fingerprint density at radius 2 is 2.04 bits per heavy atom. The van der Waals surface area contributed by atoms with Crippen molar-refractivity contribution in [2.45, 2.75) is 19.3 Å². The van der Waals surface area contributed by atoms with Gasteiger partial charge in [0, 0.05) is 43.1 Å². The molecule has 1 N–H and O–H groups in total. The Morgan fingerprint density at radius 3 is 2.81 bits per heavy atom. The van der Waals surface area contributed by atoms with E-state index >= 15 is 0 Å². The lowest BCUT2D eigenvalue weighted by molar-refractivity contribution is -0.110. The van der Waals surface area contributed by atoms with Crippen LogP contribution in [0.4, 0.5) is 10.1 Å². The molecule has 2 aliphatic heterocycles. The normalized spacial score (nSPS) is 17.9. The van der Waals surface area contributed by atoms with E-state index in [1.807, 2.05) is 12.1 Å². The summed E-state index contributed by atoms with van der Waals surface area (Å²) in [6.45, 7) is 0.255. The number of fused-ring (bicyclic) bond motifs is 2. The number of nitrogens with zero attached hydrogens (tertiary/aromatic N) is 1. The molecule has 2 aromatic rings.